The summed E-state index contributed by atoms with van der Waals surface area (Å²) >= 11 is 1.83. The summed E-state index contributed by atoms with van der Waals surface area (Å²) < 4.78 is 0. The van der Waals surface area contributed by atoms with E-state index in [1.54, 1.807) is 11.9 Å². The van der Waals surface area contributed by atoms with Crippen LogP contribution < -0.4 is 5.32 Å². The third-order valence-electron chi connectivity index (χ3n) is 3.01. The number of thioether (sulfide) groups is 1. The van der Waals surface area contributed by atoms with Crippen LogP contribution in [0.3, 0.4) is 0 Å². The predicted octanol–water partition coefficient (Wildman–Crippen LogP) is 1.75. The van der Waals surface area contributed by atoms with Gasteiger partial charge in [-0.25, -0.2) is 9.59 Å². The zero-order valence-electron chi connectivity index (χ0n) is 10.5. The predicted molar refractivity (Wildman–Crippen MR) is 73.7 cm³/mol. The number of hydrogen-bond acceptors (Lipinski definition) is 4. The van der Waals surface area contributed by atoms with E-state index in [4.69, 9.17) is 5.11 Å². The zero-order valence-corrected chi connectivity index (χ0v) is 11.3. The summed E-state index contributed by atoms with van der Waals surface area (Å²) in [5.41, 5.74) is 0.444. The van der Waals surface area contributed by atoms with E-state index in [9.17, 15) is 9.59 Å². The molecule has 2 heterocycles. The van der Waals surface area contributed by atoms with Crippen molar-refractivity contribution in [2.24, 2.45) is 0 Å². The average Bonchev–Trinajstić information content (AvgIpc) is 2.92. The van der Waals surface area contributed by atoms with Gasteiger partial charge in [0.1, 0.15) is 0 Å². The molecule has 102 valence electrons. The molecule has 1 aromatic rings. The number of nitrogens with one attached hydrogen (secondary N) is 1. The maximum atomic E-state index is 12.0. The second kappa shape index (κ2) is 5.92. The lowest BCUT2D eigenvalue weighted by Gasteiger charge is -2.24. The summed E-state index contributed by atoms with van der Waals surface area (Å²) in [6.45, 7) is 0. The van der Waals surface area contributed by atoms with Crippen LogP contribution in [0.25, 0.3) is 0 Å². The highest BCUT2D eigenvalue weighted by atomic mass is 32.2. The Hall–Kier alpha value is -1.76. The average molecular weight is 281 g/mol. The van der Waals surface area contributed by atoms with Crippen LogP contribution in [-0.4, -0.2) is 51.6 Å². The lowest BCUT2D eigenvalue weighted by atomic mass is 10.2. The molecule has 0 aliphatic carbocycles. The molecule has 19 heavy (non-hydrogen) atoms. The second-order valence-electron chi connectivity index (χ2n) is 4.33. The van der Waals surface area contributed by atoms with Gasteiger partial charge in [-0.05, 0) is 18.2 Å². The van der Waals surface area contributed by atoms with Crippen LogP contribution in [-0.2, 0) is 0 Å². The van der Waals surface area contributed by atoms with E-state index < -0.39 is 5.97 Å². The molecule has 0 saturated carbocycles. The van der Waals surface area contributed by atoms with Gasteiger partial charge < -0.3 is 15.3 Å². The number of pyridine rings is 1. The SMILES string of the molecule is CN(C(=O)Nc1cncc(C(=O)O)c1)C1CCSC1. The number of aromatic nitrogens is 1. The van der Waals surface area contributed by atoms with E-state index in [0.29, 0.717) is 5.69 Å². The molecule has 1 atom stereocenters. The van der Waals surface area contributed by atoms with E-state index in [1.807, 2.05) is 11.8 Å². The van der Waals surface area contributed by atoms with Crippen molar-refractivity contribution in [1.29, 1.82) is 0 Å². The highest BCUT2D eigenvalue weighted by Crippen LogP contribution is 2.22. The third-order valence-corrected chi connectivity index (χ3v) is 4.16. The van der Waals surface area contributed by atoms with Crippen molar-refractivity contribution in [2.75, 3.05) is 23.9 Å². The minimum absolute atomic E-state index is 0.0527. The van der Waals surface area contributed by atoms with Gasteiger partial charge in [0.25, 0.3) is 0 Å². The number of urea groups is 1. The number of carboxylic acid groups (broad SMARTS) is 1. The third kappa shape index (κ3) is 3.37. The number of hydrogen-bond donors (Lipinski definition) is 2. The number of anilines is 1. The fourth-order valence-corrected chi connectivity index (χ4v) is 3.10. The molecule has 6 nitrogen and oxygen atoms in total. The van der Waals surface area contributed by atoms with E-state index in [-0.39, 0.29) is 17.6 Å². The Balaban J connectivity index is 2.01. The van der Waals surface area contributed by atoms with Gasteiger partial charge in [-0.2, -0.15) is 11.8 Å². The fourth-order valence-electron chi connectivity index (χ4n) is 1.83. The van der Waals surface area contributed by atoms with Crippen LogP contribution in [0.15, 0.2) is 18.5 Å². The van der Waals surface area contributed by atoms with Gasteiger partial charge >= 0.3 is 12.0 Å². The van der Waals surface area contributed by atoms with Gasteiger partial charge in [-0.15, -0.1) is 0 Å². The summed E-state index contributed by atoms with van der Waals surface area (Å²) in [7, 11) is 1.75. The van der Waals surface area contributed by atoms with Gasteiger partial charge in [0.05, 0.1) is 17.4 Å². The van der Waals surface area contributed by atoms with Crippen molar-refractivity contribution in [3.8, 4) is 0 Å². The van der Waals surface area contributed by atoms with Gasteiger partial charge in [-0.3, -0.25) is 4.98 Å². The summed E-state index contributed by atoms with van der Waals surface area (Å²) in [6.07, 6.45) is 3.67. The number of carbonyl (C=O) groups excluding carboxylic acids is 1. The van der Waals surface area contributed by atoms with E-state index in [1.165, 1.54) is 18.5 Å². The Kier molecular flexibility index (Phi) is 4.26. The molecule has 1 aliphatic heterocycles. The Morgan fingerprint density at radius 1 is 1.53 bits per heavy atom. The Bertz CT molecular complexity index is 489. The lowest BCUT2D eigenvalue weighted by molar-refractivity contribution is 0.0696. The number of rotatable bonds is 3. The number of carboxylic acids is 1. The van der Waals surface area contributed by atoms with E-state index in [0.717, 1.165) is 17.9 Å². The van der Waals surface area contributed by atoms with Crippen LogP contribution >= 0.6 is 11.8 Å². The van der Waals surface area contributed by atoms with Crippen LogP contribution in [0.2, 0.25) is 0 Å². The Morgan fingerprint density at radius 3 is 2.95 bits per heavy atom. The van der Waals surface area contributed by atoms with Gasteiger partial charge in [0.15, 0.2) is 0 Å². The molecule has 1 unspecified atom stereocenters. The number of aromatic carboxylic acids is 1. The summed E-state index contributed by atoms with van der Waals surface area (Å²) in [6, 6.07) is 1.39. The van der Waals surface area contributed by atoms with Gasteiger partial charge in [0, 0.05) is 25.0 Å². The molecule has 2 rings (SSSR count). The molecule has 7 heteroatoms. The van der Waals surface area contributed by atoms with E-state index in [2.05, 4.69) is 10.3 Å². The maximum absolute atomic E-state index is 12.0. The first-order valence-corrected chi connectivity index (χ1v) is 7.03. The molecule has 1 aromatic heterocycles. The summed E-state index contributed by atoms with van der Waals surface area (Å²) in [5.74, 6) is 0.944. The number of amides is 2. The summed E-state index contributed by atoms with van der Waals surface area (Å²) in [4.78, 5) is 28.3. The van der Waals surface area contributed by atoms with Gasteiger partial charge in [0.2, 0.25) is 0 Å². The van der Waals surface area contributed by atoms with Crippen molar-refractivity contribution < 1.29 is 14.7 Å². The smallest absolute Gasteiger partial charge is 0.337 e. The fraction of sp³-hybridized carbons (Fsp3) is 0.417. The Morgan fingerprint density at radius 2 is 2.32 bits per heavy atom. The minimum atomic E-state index is -1.07. The normalized spacial score (nSPS) is 18.1. The molecule has 0 bridgehead atoms. The van der Waals surface area contributed by atoms with Crippen LogP contribution in [0.1, 0.15) is 16.8 Å². The first kappa shape index (κ1) is 13.7. The lowest BCUT2D eigenvalue weighted by Crippen LogP contribution is -2.39. The first-order valence-electron chi connectivity index (χ1n) is 5.88. The van der Waals surface area contributed by atoms with Crippen molar-refractivity contribution >= 4 is 29.4 Å². The van der Waals surface area contributed by atoms with Crippen molar-refractivity contribution in [3.63, 3.8) is 0 Å². The molecular formula is C12H15N3O3S. The monoisotopic (exact) mass is 281 g/mol. The van der Waals surface area contributed by atoms with Crippen molar-refractivity contribution in [2.45, 2.75) is 12.5 Å². The second-order valence-corrected chi connectivity index (χ2v) is 5.48. The van der Waals surface area contributed by atoms with Crippen LogP contribution in [0, 0.1) is 0 Å². The molecule has 1 saturated heterocycles. The molecular weight excluding hydrogens is 266 g/mol. The summed E-state index contributed by atoms with van der Waals surface area (Å²) in [5, 5.41) is 11.5. The highest BCUT2D eigenvalue weighted by molar-refractivity contribution is 7.99. The quantitative estimate of drug-likeness (QED) is 0.882. The van der Waals surface area contributed by atoms with Crippen LogP contribution in [0.4, 0.5) is 10.5 Å². The molecule has 1 fully saturated rings. The standard InChI is InChI=1S/C12H15N3O3S/c1-15(10-2-3-19-7-10)12(18)14-9-4-8(11(16)17)5-13-6-9/h4-6,10H,2-3,7H2,1H3,(H,14,18)(H,16,17). The van der Waals surface area contributed by atoms with Gasteiger partial charge in [-0.1, -0.05) is 0 Å². The number of carbonyl (C=O) groups is 2. The minimum Gasteiger partial charge on any atom is -0.478 e. The topological polar surface area (TPSA) is 82.5 Å². The number of nitrogens with zero attached hydrogens (tertiary/aromatic N) is 2. The molecule has 2 amide bonds. The van der Waals surface area contributed by atoms with E-state index >= 15 is 0 Å². The first-order chi connectivity index (χ1) is 9.08. The van der Waals surface area contributed by atoms with Crippen LogP contribution in [0.5, 0.6) is 0 Å². The molecule has 0 aromatic carbocycles. The largest absolute Gasteiger partial charge is 0.478 e. The molecule has 0 radical (unpaired) electrons. The maximum Gasteiger partial charge on any atom is 0.337 e. The molecule has 2 N–H and O–H groups in total. The Labute approximate surface area is 115 Å². The molecule has 0 spiro atoms. The molecule has 1 aliphatic rings. The van der Waals surface area contributed by atoms with Crippen molar-refractivity contribution in [1.82, 2.24) is 9.88 Å². The highest BCUT2D eigenvalue weighted by Gasteiger charge is 2.23. The zero-order chi connectivity index (χ0) is 13.8. The van der Waals surface area contributed by atoms with Crippen molar-refractivity contribution in [3.05, 3.63) is 24.0 Å².